The van der Waals surface area contributed by atoms with Gasteiger partial charge < -0.3 is 9.32 Å². The van der Waals surface area contributed by atoms with E-state index < -0.39 is 0 Å². The van der Waals surface area contributed by atoms with Crippen molar-refractivity contribution in [2.24, 2.45) is 0 Å². The van der Waals surface area contributed by atoms with E-state index in [4.69, 9.17) is 4.42 Å². The predicted octanol–water partition coefficient (Wildman–Crippen LogP) is 13.4. The normalized spacial score (nSPS) is 11.8. The van der Waals surface area contributed by atoms with Crippen LogP contribution in [-0.4, -0.2) is 0 Å². The van der Waals surface area contributed by atoms with Gasteiger partial charge in [-0.25, -0.2) is 0 Å². The predicted molar refractivity (Wildman–Crippen MR) is 202 cm³/mol. The van der Waals surface area contributed by atoms with Crippen LogP contribution in [0.1, 0.15) is 0 Å². The van der Waals surface area contributed by atoms with Gasteiger partial charge in [-0.3, -0.25) is 0 Å². The molecule has 0 fully saturated rings. The lowest BCUT2D eigenvalue weighted by atomic mass is 9.98. The van der Waals surface area contributed by atoms with Crippen molar-refractivity contribution in [2.45, 2.75) is 0 Å². The molecule has 0 saturated heterocycles. The second kappa shape index (κ2) is 10.3. The van der Waals surface area contributed by atoms with Crippen molar-refractivity contribution in [1.29, 1.82) is 0 Å². The van der Waals surface area contributed by atoms with Gasteiger partial charge in [0.2, 0.25) is 0 Å². The molecule has 0 radical (unpaired) electrons. The molecule has 2 nitrogen and oxygen atoms in total. The van der Waals surface area contributed by atoms with Crippen LogP contribution in [0.4, 0.5) is 17.1 Å². The van der Waals surface area contributed by atoms with Crippen LogP contribution in [0.5, 0.6) is 0 Å². The van der Waals surface area contributed by atoms with Gasteiger partial charge >= 0.3 is 0 Å². The van der Waals surface area contributed by atoms with Crippen molar-refractivity contribution in [3.05, 3.63) is 164 Å². The maximum absolute atomic E-state index is 6.63. The van der Waals surface area contributed by atoms with E-state index in [0.717, 1.165) is 28.2 Å². The lowest BCUT2D eigenvalue weighted by Gasteiger charge is -2.25. The molecule has 0 spiro atoms. The molecule has 0 saturated carbocycles. The summed E-state index contributed by atoms with van der Waals surface area (Å²) in [7, 11) is 0. The number of para-hydroxylation sites is 1. The highest BCUT2D eigenvalue weighted by molar-refractivity contribution is 7.26. The molecule has 220 valence electrons. The number of rotatable bonds is 4. The maximum atomic E-state index is 6.63. The lowest BCUT2D eigenvalue weighted by molar-refractivity contribution is 0.673. The van der Waals surface area contributed by atoms with Gasteiger partial charge in [0.1, 0.15) is 11.2 Å². The second-order valence-corrected chi connectivity index (χ2v) is 13.2. The number of anilines is 3. The van der Waals surface area contributed by atoms with E-state index in [1.165, 1.54) is 63.6 Å². The number of benzene rings is 8. The number of furan rings is 1. The summed E-state index contributed by atoms with van der Waals surface area (Å²) in [5.41, 5.74) is 7.73. The van der Waals surface area contributed by atoms with E-state index in [1.54, 1.807) is 0 Å². The molecule has 0 aliphatic heterocycles. The molecule has 0 unspecified atom stereocenters. The highest BCUT2D eigenvalue weighted by Crippen LogP contribution is 2.45. The molecule has 0 aliphatic rings. The Morgan fingerprint density at radius 2 is 1.11 bits per heavy atom. The minimum absolute atomic E-state index is 0.935. The third-order valence-electron chi connectivity index (χ3n) is 9.44. The molecule has 10 aromatic rings. The third kappa shape index (κ3) is 4.10. The number of hydrogen-bond donors (Lipinski definition) is 0. The van der Waals surface area contributed by atoms with E-state index in [0.29, 0.717) is 0 Å². The van der Waals surface area contributed by atoms with E-state index in [9.17, 15) is 0 Å². The van der Waals surface area contributed by atoms with Crippen LogP contribution in [0, 0.1) is 0 Å². The van der Waals surface area contributed by atoms with E-state index in [2.05, 4.69) is 169 Å². The Morgan fingerprint density at radius 3 is 1.96 bits per heavy atom. The van der Waals surface area contributed by atoms with Crippen LogP contribution in [0.3, 0.4) is 0 Å². The van der Waals surface area contributed by atoms with Crippen LogP contribution in [0.15, 0.2) is 168 Å². The Kier molecular flexibility index (Phi) is 5.78. The molecule has 3 heteroatoms. The third-order valence-corrected chi connectivity index (χ3v) is 10.6. The van der Waals surface area contributed by atoms with Gasteiger partial charge in [-0.1, -0.05) is 109 Å². The number of hydrogen-bond acceptors (Lipinski definition) is 3. The van der Waals surface area contributed by atoms with Crippen molar-refractivity contribution in [3.63, 3.8) is 0 Å². The number of thiophene rings is 1. The first kappa shape index (κ1) is 26.3. The summed E-state index contributed by atoms with van der Waals surface area (Å²) in [6.45, 7) is 0. The lowest BCUT2D eigenvalue weighted by Crippen LogP contribution is -2.09. The first-order chi connectivity index (χ1) is 23.3. The fraction of sp³-hybridized carbons (Fsp3) is 0. The van der Waals surface area contributed by atoms with E-state index >= 15 is 0 Å². The topological polar surface area (TPSA) is 16.4 Å². The summed E-state index contributed by atoms with van der Waals surface area (Å²) >= 11 is 1.83. The molecular weight excluding hydrogens is 591 g/mol. The molecule has 0 atom stereocenters. The summed E-state index contributed by atoms with van der Waals surface area (Å²) in [5.74, 6) is 0. The summed E-state index contributed by atoms with van der Waals surface area (Å²) < 4.78 is 9.10. The van der Waals surface area contributed by atoms with Crippen LogP contribution in [-0.2, 0) is 0 Å². The molecular formula is C44H27NOS. The minimum Gasteiger partial charge on any atom is -0.455 e. The molecule has 0 bridgehead atoms. The first-order valence-corrected chi connectivity index (χ1v) is 16.7. The molecule has 2 heterocycles. The zero-order valence-corrected chi connectivity index (χ0v) is 26.2. The molecule has 0 aliphatic carbocycles. The minimum atomic E-state index is 0.935. The zero-order chi connectivity index (χ0) is 30.9. The Hall–Kier alpha value is -5.90. The standard InChI is InChI=1S/C44H27NOS/c1-2-12-31(13-3-1)45(32-20-17-30(18-21-32)35-16-8-11-28-9-4-6-14-34(28)35)33-22-23-37-41(27-33)47-40-26-24-38-42-36-15-7-5-10-29(36)19-25-39(42)46-44(38)43(37)40/h1-27H. The quantitative estimate of drug-likeness (QED) is 0.195. The van der Waals surface area contributed by atoms with Crippen molar-refractivity contribution >= 4 is 92.1 Å². The Morgan fingerprint density at radius 1 is 0.426 bits per heavy atom. The fourth-order valence-electron chi connectivity index (χ4n) is 7.28. The van der Waals surface area contributed by atoms with Gasteiger partial charge in [0.15, 0.2) is 0 Å². The van der Waals surface area contributed by atoms with Gasteiger partial charge in [0.05, 0.1) is 0 Å². The van der Waals surface area contributed by atoms with Gasteiger partial charge in [-0.2, -0.15) is 0 Å². The van der Waals surface area contributed by atoms with Gasteiger partial charge in [-0.15, -0.1) is 11.3 Å². The average Bonchev–Trinajstić information content (AvgIpc) is 3.70. The zero-order valence-electron chi connectivity index (χ0n) is 25.4. The van der Waals surface area contributed by atoms with Crippen molar-refractivity contribution in [2.75, 3.05) is 4.90 Å². The van der Waals surface area contributed by atoms with Crippen LogP contribution in [0.25, 0.3) is 74.8 Å². The van der Waals surface area contributed by atoms with Crippen LogP contribution >= 0.6 is 11.3 Å². The van der Waals surface area contributed by atoms with Crippen LogP contribution < -0.4 is 4.90 Å². The molecule has 47 heavy (non-hydrogen) atoms. The summed E-state index contributed by atoms with van der Waals surface area (Å²) in [6.07, 6.45) is 0. The van der Waals surface area contributed by atoms with Crippen molar-refractivity contribution < 1.29 is 4.42 Å². The Balaban J connectivity index is 1.12. The summed E-state index contributed by atoms with van der Waals surface area (Å²) in [6, 6.07) is 58.9. The fourth-order valence-corrected chi connectivity index (χ4v) is 8.42. The molecule has 8 aromatic carbocycles. The molecule has 10 rings (SSSR count). The Bertz CT molecular complexity index is 2790. The maximum Gasteiger partial charge on any atom is 0.144 e. The second-order valence-electron chi connectivity index (χ2n) is 12.1. The summed E-state index contributed by atoms with van der Waals surface area (Å²) in [5, 5.41) is 9.77. The molecule has 0 amide bonds. The largest absolute Gasteiger partial charge is 0.455 e. The number of fused-ring (bicyclic) bond motifs is 10. The van der Waals surface area contributed by atoms with E-state index in [1.807, 2.05) is 11.3 Å². The van der Waals surface area contributed by atoms with Crippen molar-refractivity contribution in [1.82, 2.24) is 0 Å². The highest BCUT2D eigenvalue weighted by Gasteiger charge is 2.19. The van der Waals surface area contributed by atoms with Gasteiger partial charge in [-0.05, 0) is 87.3 Å². The van der Waals surface area contributed by atoms with Gasteiger partial charge in [0.25, 0.3) is 0 Å². The monoisotopic (exact) mass is 617 g/mol. The van der Waals surface area contributed by atoms with Crippen LogP contribution in [0.2, 0.25) is 0 Å². The molecule has 0 N–H and O–H groups in total. The SMILES string of the molecule is c1ccc(N(c2ccc(-c3cccc4ccccc34)cc2)c2ccc3c(c2)sc2ccc4c(oc5ccc6ccccc6c54)c23)cc1. The van der Waals surface area contributed by atoms with Crippen molar-refractivity contribution in [3.8, 4) is 11.1 Å². The smallest absolute Gasteiger partial charge is 0.144 e. The Labute approximate surface area is 275 Å². The average molecular weight is 618 g/mol. The highest BCUT2D eigenvalue weighted by atomic mass is 32.1. The first-order valence-electron chi connectivity index (χ1n) is 15.9. The number of nitrogens with zero attached hydrogens (tertiary/aromatic N) is 1. The van der Waals surface area contributed by atoms with E-state index in [-0.39, 0.29) is 0 Å². The molecule has 2 aromatic heterocycles. The summed E-state index contributed by atoms with van der Waals surface area (Å²) in [4.78, 5) is 2.35. The van der Waals surface area contributed by atoms with Gasteiger partial charge in [0, 0.05) is 48.0 Å².